The van der Waals surface area contributed by atoms with Crippen LogP contribution in [0.3, 0.4) is 0 Å². The fraction of sp³-hybridized carbons (Fsp3) is 0.500. The number of hydrogen-bond acceptors (Lipinski definition) is 4. The number of nitrogens with zero attached hydrogens (tertiary/aromatic N) is 2. The van der Waals surface area contributed by atoms with Crippen molar-refractivity contribution < 1.29 is 4.74 Å². The van der Waals surface area contributed by atoms with E-state index in [1.807, 2.05) is 11.3 Å². The summed E-state index contributed by atoms with van der Waals surface area (Å²) in [6.45, 7) is 11.5. The maximum Gasteiger partial charge on any atom is 0.191 e. The van der Waals surface area contributed by atoms with E-state index in [9.17, 15) is 0 Å². The first-order valence-corrected chi connectivity index (χ1v) is 11.1. The van der Waals surface area contributed by atoms with E-state index in [1.54, 1.807) is 0 Å². The largest absolute Gasteiger partial charge is 0.379 e. The highest BCUT2D eigenvalue weighted by atomic mass is 32.1. The molecule has 1 saturated heterocycles. The molecule has 0 aliphatic carbocycles. The first kappa shape index (κ1) is 20.8. The van der Waals surface area contributed by atoms with Gasteiger partial charge in [0.2, 0.25) is 0 Å². The molecule has 5 nitrogen and oxygen atoms in total. The molecule has 1 atom stereocenters. The summed E-state index contributed by atoms with van der Waals surface area (Å²) in [6, 6.07) is 13.1. The molecule has 0 radical (unpaired) electrons. The molecule has 2 aromatic rings. The number of guanidine groups is 1. The molecule has 28 heavy (non-hydrogen) atoms. The molecule has 0 bridgehead atoms. The Morgan fingerprint density at radius 1 is 1.18 bits per heavy atom. The van der Waals surface area contributed by atoms with Crippen molar-refractivity contribution in [3.8, 4) is 0 Å². The van der Waals surface area contributed by atoms with E-state index in [4.69, 9.17) is 9.73 Å². The lowest BCUT2D eigenvalue weighted by Gasteiger charge is -2.26. The normalized spacial score (nSPS) is 16.7. The van der Waals surface area contributed by atoms with Crippen molar-refractivity contribution in [3.63, 3.8) is 0 Å². The topological polar surface area (TPSA) is 48.9 Å². The minimum absolute atomic E-state index is 0.473. The Kier molecular flexibility index (Phi) is 8.33. The van der Waals surface area contributed by atoms with Crippen LogP contribution in [0, 0.1) is 0 Å². The lowest BCUT2D eigenvalue weighted by Crippen LogP contribution is -2.39. The highest BCUT2D eigenvalue weighted by Crippen LogP contribution is 2.19. The van der Waals surface area contributed by atoms with Crippen LogP contribution in [0.15, 0.2) is 46.8 Å². The summed E-state index contributed by atoms with van der Waals surface area (Å²) in [5, 5.41) is 8.97. The Bertz CT molecular complexity index is 726. The highest BCUT2D eigenvalue weighted by molar-refractivity contribution is 7.10. The lowest BCUT2D eigenvalue weighted by atomic mass is 10.1. The Balaban J connectivity index is 1.55. The van der Waals surface area contributed by atoms with E-state index in [0.717, 1.165) is 51.9 Å². The summed E-state index contributed by atoms with van der Waals surface area (Å²) >= 11 is 1.81. The van der Waals surface area contributed by atoms with E-state index in [-0.39, 0.29) is 0 Å². The molecule has 0 spiro atoms. The number of benzene rings is 1. The summed E-state index contributed by atoms with van der Waals surface area (Å²) < 4.78 is 5.44. The third kappa shape index (κ3) is 6.62. The van der Waals surface area contributed by atoms with Crippen LogP contribution < -0.4 is 10.6 Å². The second kappa shape index (κ2) is 11.2. The molecule has 6 heteroatoms. The fourth-order valence-electron chi connectivity index (χ4n) is 3.28. The predicted molar refractivity (Wildman–Crippen MR) is 118 cm³/mol. The maximum atomic E-state index is 5.44. The predicted octanol–water partition coefficient (Wildman–Crippen LogP) is 3.44. The number of hydrogen-bond donors (Lipinski definition) is 2. The van der Waals surface area contributed by atoms with Crippen molar-refractivity contribution in [3.05, 3.63) is 57.8 Å². The van der Waals surface area contributed by atoms with Gasteiger partial charge in [-0.3, -0.25) is 4.90 Å². The molecule has 0 saturated carbocycles. The quantitative estimate of drug-likeness (QED) is 0.526. The zero-order chi connectivity index (χ0) is 19.6. The second-order valence-corrected chi connectivity index (χ2v) is 8.18. The van der Waals surface area contributed by atoms with Crippen LogP contribution >= 0.6 is 11.3 Å². The van der Waals surface area contributed by atoms with Crippen LogP contribution in [0.25, 0.3) is 0 Å². The number of ether oxygens (including phenoxy) is 1. The van der Waals surface area contributed by atoms with E-state index in [1.165, 1.54) is 16.0 Å². The smallest absolute Gasteiger partial charge is 0.191 e. The molecule has 1 aromatic heterocycles. The summed E-state index contributed by atoms with van der Waals surface area (Å²) in [4.78, 5) is 8.64. The van der Waals surface area contributed by atoms with Gasteiger partial charge in [-0.2, -0.15) is 0 Å². The first-order chi connectivity index (χ1) is 13.7. The molecule has 1 fully saturated rings. The summed E-state index contributed by atoms with van der Waals surface area (Å²) in [5.74, 6) is 1.35. The lowest BCUT2D eigenvalue weighted by molar-refractivity contribution is 0.0342. The van der Waals surface area contributed by atoms with Gasteiger partial charge in [-0.05, 0) is 29.5 Å². The van der Waals surface area contributed by atoms with Gasteiger partial charge in [0.15, 0.2) is 5.96 Å². The average molecular weight is 401 g/mol. The zero-order valence-electron chi connectivity index (χ0n) is 17.0. The molecular weight excluding hydrogens is 368 g/mol. The van der Waals surface area contributed by atoms with Crippen LogP contribution in [-0.2, 0) is 17.8 Å². The first-order valence-electron chi connectivity index (χ1n) is 10.2. The number of thiophene rings is 1. The Morgan fingerprint density at radius 3 is 2.75 bits per heavy atom. The van der Waals surface area contributed by atoms with Gasteiger partial charge >= 0.3 is 0 Å². The van der Waals surface area contributed by atoms with Gasteiger partial charge in [0, 0.05) is 43.5 Å². The van der Waals surface area contributed by atoms with Crippen LogP contribution in [-0.4, -0.2) is 50.3 Å². The van der Waals surface area contributed by atoms with E-state index >= 15 is 0 Å². The monoisotopic (exact) mass is 400 g/mol. The van der Waals surface area contributed by atoms with Crippen LogP contribution in [0.4, 0.5) is 0 Å². The van der Waals surface area contributed by atoms with Gasteiger partial charge in [0.25, 0.3) is 0 Å². The van der Waals surface area contributed by atoms with Gasteiger partial charge < -0.3 is 15.4 Å². The summed E-state index contributed by atoms with van der Waals surface area (Å²) in [5.41, 5.74) is 2.59. The Morgan fingerprint density at radius 2 is 2.00 bits per heavy atom. The minimum Gasteiger partial charge on any atom is -0.379 e. The van der Waals surface area contributed by atoms with E-state index in [2.05, 4.69) is 71.2 Å². The van der Waals surface area contributed by atoms with Gasteiger partial charge in [0.1, 0.15) is 0 Å². The maximum absolute atomic E-state index is 5.44. The molecule has 1 aromatic carbocycles. The number of aliphatic imine (C=N–C) groups is 1. The number of nitrogens with one attached hydrogen (secondary N) is 2. The Hall–Kier alpha value is -1.89. The standard InChI is InChI=1S/C22H32N4OS/c1-3-23-22(24-15-18(2)21-8-5-13-28-21)25-16-19-6-4-7-20(14-19)17-26-9-11-27-12-10-26/h4-8,13-14,18H,3,9-12,15-17H2,1-2H3,(H2,23,24,25). The van der Waals surface area contributed by atoms with Crippen molar-refractivity contribution in [1.82, 2.24) is 15.5 Å². The molecule has 152 valence electrons. The van der Waals surface area contributed by atoms with Gasteiger partial charge in [-0.1, -0.05) is 37.3 Å². The molecule has 0 amide bonds. The van der Waals surface area contributed by atoms with Crippen molar-refractivity contribution in [2.24, 2.45) is 4.99 Å². The molecule has 2 heterocycles. The van der Waals surface area contributed by atoms with Gasteiger partial charge in [-0.25, -0.2) is 4.99 Å². The van der Waals surface area contributed by atoms with Gasteiger partial charge in [-0.15, -0.1) is 11.3 Å². The minimum atomic E-state index is 0.473. The zero-order valence-corrected chi connectivity index (χ0v) is 17.8. The molecule has 1 aliphatic rings. The number of rotatable bonds is 8. The summed E-state index contributed by atoms with van der Waals surface area (Å²) in [7, 11) is 0. The molecule has 3 rings (SSSR count). The van der Waals surface area contributed by atoms with Crippen LogP contribution in [0.2, 0.25) is 0 Å². The van der Waals surface area contributed by atoms with Crippen LogP contribution in [0.1, 0.15) is 35.8 Å². The van der Waals surface area contributed by atoms with Crippen molar-refractivity contribution in [1.29, 1.82) is 0 Å². The molecule has 1 aliphatic heterocycles. The van der Waals surface area contributed by atoms with Crippen molar-refractivity contribution >= 4 is 17.3 Å². The highest BCUT2D eigenvalue weighted by Gasteiger charge is 2.11. The Labute approximate surface area is 172 Å². The average Bonchev–Trinajstić information content (AvgIpc) is 3.26. The van der Waals surface area contributed by atoms with Crippen molar-refractivity contribution in [2.45, 2.75) is 32.9 Å². The molecule has 2 N–H and O–H groups in total. The number of morpholine rings is 1. The third-order valence-electron chi connectivity index (χ3n) is 4.87. The van der Waals surface area contributed by atoms with Gasteiger partial charge in [0.05, 0.1) is 19.8 Å². The molecular formula is C22H32N4OS. The van der Waals surface area contributed by atoms with Crippen molar-refractivity contribution in [2.75, 3.05) is 39.4 Å². The second-order valence-electron chi connectivity index (χ2n) is 7.20. The van der Waals surface area contributed by atoms with E-state index < -0.39 is 0 Å². The fourth-order valence-corrected chi connectivity index (χ4v) is 4.07. The van der Waals surface area contributed by atoms with Crippen LogP contribution in [0.5, 0.6) is 0 Å². The molecule has 1 unspecified atom stereocenters. The van der Waals surface area contributed by atoms with E-state index in [0.29, 0.717) is 12.5 Å². The SMILES string of the molecule is CCNC(=NCc1cccc(CN2CCOCC2)c1)NCC(C)c1cccs1. The third-order valence-corrected chi connectivity index (χ3v) is 5.97. The summed E-state index contributed by atoms with van der Waals surface area (Å²) in [6.07, 6.45) is 0.